The van der Waals surface area contributed by atoms with Crippen LogP contribution in [-0.2, 0) is 6.42 Å². The highest BCUT2D eigenvalue weighted by Gasteiger charge is 2.40. The van der Waals surface area contributed by atoms with Crippen LogP contribution >= 0.6 is 27.5 Å². The highest BCUT2D eigenvalue weighted by atomic mass is 79.9. The van der Waals surface area contributed by atoms with Crippen LogP contribution in [0.4, 0.5) is 0 Å². The SMILES string of the molecule is OC1(Cc2ccc(Cl)c(Br)c2)CC1. The smallest absolute Gasteiger partial charge is 0.0690 e. The van der Waals surface area contributed by atoms with E-state index in [-0.39, 0.29) is 0 Å². The summed E-state index contributed by atoms with van der Waals surface area (Å²) in [6.07, 6.45) is 2.59. The average molecular weight is 262 g/mol. The van der Waals surface area contributed by atoms with Gasteiger partial charge in [0.15, 0.2) is 0 Å². The molecule has 0 aromatic heterocycles. The van der Waals surface area contributed by atoms with Crippen molar-refractivity contribution in [2.24, 2.45) is 0 Å². The first-order valence-electron chi connectivity index (χ1n) is 4.25. The van der Waals surface area contributed by atoms with Crippen molar-refractivity contribution in [3.05, 3.63) is 33.3 Å². The Bertz CT molecular complexity index is 334. The van der Waals surface area contributed by atoms with Gasteiger partial charge in [-0.15, -0.1) is 0 Å². The third-order valence-corrected chi connectivity index (χ3v) is 3.56. The minimum atomic E-state index is -0.423. The molecule has 0 bridgehead atoms. The Morgan fingerprint density at radius 2 is 2.15 bits per heavy atom. The van der Waals surface area contributed by atoms with E-state index in [4.69, 9.17) is 11.6 Å². The van der Waals surface area contributed by atoms with E-state index in [2.05, 4.69) is 15.9 Å². The third-order valence-electron chi connectivity index (χ3n) is 2.34. The predicted octanol–water partition coefficient (Wildman–Crippen LogP) is 3.17. The second kappa shape index (κ2) is 3.26. The van der Waals surface area contributed by atoms with Crippen LogP contribution in [0.2, 0.25) is 5.02 Å². The maximum absolute atomic E-state index is 9.69. The van der Waals surface area contributed by atoms with E-state index in [9.17, 15) is 5.11 Å². The average Bonchev–Trinajstić information content (AvgIpc) is 2.76. The van der Waals surface area contributed by atoms with Crippen molar-refractivity contribution in [3.63, 3.8) is 0 Å². The fourth-order valence-corrected chi connectivity index (χ4v) is 1.89. The summed E-state index contributed by atoms with van der Waals surface area (Å²) >= 11 is 9.22. The molecule has 0 unspecified atom stereocenters. The Labute approximate surface area is 90.9 Å². The normalized spacial score (nSPS) is 18.7. The molecule has 0 heterocycles. The Hall–Kier alpha value is -0.0500. The summed E-state index contributed by atoms with van der Waals surface area (Å²) < 4.78 is 0.899. The van der Waals surface area contributed by atoms with E-state index in [1.807, 2.05) is 18.2 Å². The minimum absolute atomic E-state index is 0.423. The molecule has 2 rings (SSSR count). The van der Waals surface area contributed by atoms with Gasteiger partial charge in [0.05, 0.1) is 10.6 Å². The molecule has 1 aliphatic rings. The zero-order chi connectivity index (χ0) is 9.47. The topological polar surface area (TPSA) is 20.2 Å². The highest BCUT2D eigenvalue weighted by Crippen LogP contribution is 2.38. The minimum Gasteiger partial charge on any atom is -0.390 e. The molecule has 1 saturated carbocycles. The number of hydrogen-bond acceptors (Lipinski definition) is 1. The molecule has 3 heteroatoms. The van der Waals surface area contributed by atoms with E-state index in [1.54, 1.807) is 0 Å². The molecule has 0 radical (unpaired) electrons. The van der Waals surface area contributed by atoms with Gasteiger partial charge >= 0.3 is 0 Å². The van der Waals surface area contributed by atoms with E-state index < -0.39 is 5.60 Å². The first-order chi connectivity index (χ1) is 6.09. The van der Waals surface area contributed by atoms with Crippen molar-refractivity contribution in [2.75, 3.05) is 0 Å². The molecule has 1 nitrogen and oxygen atoms in total. The molecule has 1 aromatic rings. The first-order valence-corrected chi connectivity index (χ1v) is 5.42. The molecule has 0 atom stereocenters. The number of rotatable bonds is 2. The second-order valence-corrected chi connectivity index (χ2v) is 4.91. The van der Waals surface area contributed by atoms with Gasteiger partial charge in [0.1, 0.15) is 0 Å². The Morgan fingerprint density at radius 1 is 1.46 bits per heavy atom. The van der Waals surface area contributed by atoms with Crippen LogP contribution in [-0.4, -0.2) is 10.7 Å². The summed E-state index contributed by atoms with van der Waals surface area (Å²) in [7, 11) is 0. The quantitative estimate of drug-likeness (QED) is 0.867. The van der Waals surface area contributed by atoms with Crippen LogP contribution in [0.3, 0.4) is 0 Å². The number of benzene rings is 1. The monoisotopic (exact) mass is 260 g/mol. The highest BCUT2D eigenvalue weighted by molar-refractivity contribution is 9.10. The van der Waals surface area contributed by atoms with Crippen molar-refractivity contribution >= 4 is 27.5 Å². The summed E-state index contributed by atoms with van der Waals surface area (Å²) in [5.74, 6) is 0. The zero-order valence-corrected chi connectivity index (χ0v) is 9.40. The molecule has 0 spiro atoms. The summed E-state index contributed by atoms with van der Waals surface area (Å²) in [4.78, 5) is 0. The van der Waals surface area contributed by atoms with Gasteiger partial charge in [0.2, 0.25) is 0 Å². The van der Waals surface area contributed by atoms with Crippen molar-refractivity contribution in [3.8, 4) is 0 Å². The molecular formula is C10H10BrClO. The van der Waals surface area contributed by atoms with E-state index in [0.717, 1.165) is 29.3 Å². The van der Waals surface area contributed by atoms with Gasteiger partial charge in [-0.05, 0) is 46.5 Å². The lowest BCUT2D eigenvalue weighted by Crippen LogP contribution is -2.10. The fraction of sp³-hybridized carbons (Fsp3) is 0.400. The maximum Gasteiger partial charge on any atom is 0.0690 e. The zero-order valence-electron chi connectivity index (χ0n) is 7.06. The summed E-state index contributed by atoms with van der Waals surface area (Å²) in [5, 5.41) is 10.4. The van der Waals surface area contributed by atoms with Crippen LogP contribution in [0.5, 0.6) is 0 Å². The largest absolute Gasteiger partial charge is 0.390 e. The standard InChI is InChI=1S/C10H10BrClO/c11-8-5-7(1-2-9(8)12)6-10(13)3-4-10/h1-2,5,13H,3-4,6H2. The van der Waals surface area contributed by atoms with Gasteiger partial charge in [0.25, 0.3) is 0 Å². The van der Waals surface area contributed by atoms with Gasteiger partial charge in [0, 0.05) is 10.9 Å². The van der Waals surface area contributed by atoms with Crippen molar-refractivity contribution in [1.29, 1.82) is 0 Å². The number of hydrogen-bond donors (Lipinski definition) is 1. The lowest BCUT2D eigenvalue weighted by molar-refractivity contribution is 0.151. The van der Waals surface area contributed by atoms with E-state index >= 15 is 0 Å². The molecule has 1 fully saturated rings. The fourth-order valence-electron chi connectivity index (χ4n) is 1.35. The van der Waals surface area contributed by atoms with Gasteiger partial charge < -0.3 is 5.11 Å². The van der Waals surface area contributed by atoms with Gasteiger partial charge in [-0.25, -0.2) is 0 Å². The first kappa shape index (κ1) is 9.50. The molecular weight excluding hydrogens is 251 g/mol. The molecule has 13 heavy (non-hydrogen) atoms. The molecule has 0 saturated heterocycles. The van der Waals surface area contributed by atoms with Crippen molar-refractivity contribution in [2.45, 2.75) is 24.9 Å². The Balaban J connectivity index is 2.17. The van der Waals surface area contributed by atoms with Crippen LogP contribution in [0.15, 0.2) is 22.7 Å². The molecule has 1 aromatic carbocycles. The Kier molecular flexibility index (Phi) is 2.39. The summed E-state index contributed by atoms with van der Waals surface area (Å²) in [6, 6.07) is 5.79. The number of aliphatic hydroxyl groups is 1. The van der Waals surface area contributed by atoms with Crippen molar-refractivity contribution < 1.29 is 5.11 Å². The van der Waals surface area contributed by atoms with Gasteiger partial charge in [-0.1, -0.05) is 17.7 Å². The third kappa shape index (κ3) is 2.25. The molecule has 1 N–H and O–H groups in total. The molecule has 0 aliphatic heterocycles. The van der Waals surface area contributed by atoms with Gasteiger partial charge in [-0.3, -0.25) is 0 Å². The van der Waals surface area contributed by atoms with Crippen LogP contribution in [0.1, 0.15) is 18.4 Å². The second-order valence-electron chi connectivity index (χ2n) is 3.65. The lowest BCUT2D eigenvalue weighted by atomic mass is 10.1. The predicted molar refractivity (Wildman–Crippen MR) is 57.0 cm³/mol. The number of halogens is 2. The van der Waals surface area contributed by atoms with E-state index in [0.29, 0.717) is 5.02 Å². The lowest BCUT2D eigenvalue weighted by Gasteiger charge is -2.07. The molecule has 70 valence electrons. The molecule has 1 aliphatic carbocycles. The van der Waals surface area contributed by atoms with E-state index in [1.165, 1.54) is 0 Å². The molecule has 0 amide bonds. The van der Waals surface area contributed by atoms with Gasteiger partial charge in [-0.2, -0.15) is 0 Å². The Morgan fingerprint density at radius 3 is 2.69 bits per heavy atom. The summed E-state index contributed by atoms with van der Waals surface area (Å²) in [6.45, 7) is 0. The van der Waals surface area contributed by atoms with Crippen molar-refractivity contribution in [1.82, 2.24) is 0 Å². The summed E-state index contributed by atoms with van der Waals surface area (Å²) in [5.41, 5.74) is 0.712. The van der Waals surface area contributed by atoms with Crippen LogP contribution in [0, 0.1) is 0 Å². The van der Waals surface area contributed by atoms with Crippen LogP contribution in [0.25, 0.3) is 0 Å². The van der Waals surface area contributed by atoms with Crippen LogP contribution < -0.4 is 0 Å². The maximum atomic E-state index is 9.69.